The number of hydrogen-bond acceptors (Lipinski definition) is 6. The quantitative estimate of drug-likeness (QED) is 0.525. The fraction of sp³-hybridized carbons (Fsp3) is 0.708. The number of allylic oxidation sites excluding steroid dienone is 3. The van der Waals surface area contributed by atoms with Crippen LogP contribution in [0.3, 0.4) is 0 Å². The van der Waals surface area contributed by atoms with Crippen LogP contribution < -0.4 is 0 Å². The van der Waals surface area contributed by atoms with E-state index in [1.807, 2.05) is 0 Å². The van der Waals surface area contributed by atoms with Gasteiger partial charge < -0.3 is 14.6 Å². The highest BCUT2D eigenvalue weighted by Gasteiger charge is 2.42. The van der Waals surface area contributed by atoms with Crippen LogP contribution in [-0.4, -0.2) is 41.1 Å². The Hall–Kier alpha value is -1.95. The normalized spacial score (nSPS) is 36.9. The molecule has 0 aromatic carbocycles. The summed E-state index contributed by atoms with van der Waals surface area (Å²) in [6.45, 7) is 7.28. The molecular weight excluding hydrogens is 384 g/mol. The lowest BCUT2D eigenvalue weighted by atomic mass is 9.65. The minimum Gasteiger partial charge on any atom is -0.462 e. The number of rotatable bonds is 6. The Kier molecular flexibility index (Phi) is 7.17. The standard InChI is InChI=1S/C24H34O6/c1-13-9-17-6-5-14(2)20(8-7-19-11-18(26)12-22(27)29-19)23(17)21(10-13)30-24(28)15(3)16(4)25/h5-6,9,13-15,18-21,23,26H,7-8,10-12H2,1-4H3/t13-,14-,15+,18+,19+,20-,21-,23-/m0/s1. The first-order chi connectivity index (χ1) is 14.2. The second-order valence-corrected chi connectivity index (χ2v) is 9.38. The number of carbonyl (C=O) groups excluding carboxylic acids is 3. The van der Waals surface area contributed by atoms with Gasteiger partial charge in [0, 0.05) is 12.3 Å². The van der Waals surface area contributed by atoms with Gasteiger partial charge >= 0.3 is 11.9 Å². The molecule has 2 aliphatic carbocycles. The van der Waals surface area contributed by atoms with Crippen molar-refractivity contribution >= 4 is 17.7 Å². The zero-order chi connectivity index (χ0) is 22.0. The maximum absolute atomic E-state index is 12.5. The average Bonchev–Trinajstić information content (AvgIpc) is 2.65. The molecular formula is C24H34O6. The molecule has 0 amide bonds. The molecule has 0 saturated carbocycles. The minimum absolute atomic E-state index is 0.0634. The van der Waals surface area contributed by atoms with E-state index in [4.69, 9.17) is 9.47 Å². The molecule has 6 nitrogen and oxygen atoms in total. The number of aliphatic hydroxyl groups excluding tert-OH is 1. The van der Waals surface area contributed by atoms with Gasteiger partial charge in [0.25, 0.3) is 0 Å². The molecule has 1 aliphatic heterocycles. The number of fused-ring (bicyclic) bond motifs is 1. The Morgan fingerprint density at radius 1 is 1.27 bits per heavy atom. The van der Waals surface area contributed by atoms with Crippen molar-refractivity contribution in [1.82, 2.24) is 0 Å². The van der Waals surface area contributed by atoms with Gasteiger partial charge in [0.15, 0.2) is 0 Å². The highest BCUT2D eigenvalue weighted by atomic mass is 16.6. The first-order valence-electron chi connectivity index (χ1n) is 11.1. The summed E-state index contributed by atoms with van der Waals surface area (Å²) in [5.41, 5.74) is 1.19. The van der Waals surface area contributed by atoms with Gasteiger partial charge in [-0.2, -0.15) is 0 Å². The maximum Gasteiger partial charge on any atom is 0.316 e. The number of carbonyl (C=O) groups is 3. The molecule has 1 saturated heterocycles. The zero-order valence-corrected chi connectivity index (χ0v) is 18.4. The molecule has 0 aromatic rings. The predicted octanol–water partition coefficient (Wildman–Crippen LogP) is 3.37. The van der Waals surface area contributed by atoms with Crippen molar-refractivity contribution in [1.29, 1.82) is 0 Å². The van der Waals surface area contributed by atoms with Crippen molar-refractivity contribution in [3.05, 3.63) is 23.8 Å². The first-order valence-corrected chi connectivity index (χ1v) is 11.1. The van der Waals surface area contributed by atoms with Gasteiger partial charge in [-0.25, -0.2) is 0 Å². The molecule has 30 heavy (non-hydrogen) atoms. The predicted molar refractivity (Wildman–Crippen MR) is 111 cm³/mol. The van der Waals surface area contributed by atoms with Crippen molar-refractivity contribution in [2.75, 3.05) is 0 Å². The fourth-order valence-corrected chi connectivity index (χ4v) is 5.06. The molecule has 6 heteroatoms. The lowest BCUT2D eigenvalue weighted by Gasteiger charge is -2.43. The molecule has 3 rings (SSSR count). The molecule has 0 radical (unpaired) electrons. The van der Waals surface area contributed by atoms with Gasteiger partial charge in [-0.15, -0.1) is 0 Å². The topological polar surface area (TPSA) is 89.9 Å². The summed E-state index contributed by atoms with van der Waals surface area (Å²) >= 11 is 0. The molecule has 3 aliphatic rings. The van der Waals surface area contributed by atoms with E-state index in [0.29, 0.717) is 12.8 Å². The van der Waals surface area contributed by atoms with Gasteiger partial charge in [-0.3, -0.25) is 14.4 Å². The first kappa shape index (κ1) is 22.7. The molecule has 166 valence electrons. The number of aliphatic hydroxyl groups is 1. The Balaban J connectivity index is 1.75. The molecule has 1 heterocycles. The van der Waals surface area contributed by atoms with Crippen LogP contribution in [0.2, 0.25) is 0 Å². The lowest BCUT2D eigenvalue weighted by Crippen LogP contribution is -2.42. The number of cyclic esters (lactones) is 1. The van der Waals surface area contributed by atoms with E-state index in [-0.39, 0.29) is 54.1 Å². The average molecular weight is 419 g/mol. The van der Waals surface area contributed by atoms with E-state index in [1.54, 1.807) is 6.92 Å². The molecule has 0 spiro atoms. The van der Waals surface area contributed by atoms with Crippen molar-refractivity contribution in [3.8, 4) is 0 Å². The van der Waals surface area contributed by atoms with Gasteiger partial charge in [0.2, 0.25) is 0 Å². The third-order valence-corrected chi connectivity index (χ3v) is 6.88. The van der Waals surface area contributed by atoms with E-state index < -0.39 is 18.0 Å². The largest absolute Gasteiger partial charge is 0.462 e. The van der Waals surface area contributed by atoms with E-state index in [2.05, 4.69) is 32.1 Å². The summed E-state index contributed by atoms with van der Waals surface area (Å²) in [5.74, 6) is -0.867. The van der Waals surface area contributed by atoms with Gasteiger partial charge in [-0.05, 0) is 56.4 Å². The number of ketones is 1. The number of esters is 2. The summed E-state index contributed by atoms with van der Waals surface area (Å²) < 4.78 is 11.3. The van der Waals surface area contributed by atoms with Crippen LogP contribution in [0.4, 0.5) is 0 Å². The highest BCUT2D eigenvalue weighted by molar-refractivity contribution is 5.97. The summed E-state index contributed by atoms with van der Waals surface area (Å²) in [6.07, 6.45) is 8.18. The van der Waals surface area contributed by atoms with E-state index in [0.717, 1.165) is 12.8 Å². The van der Waals surface area contributed by atoms with Gasteiger partial charge in [-0.1, -0.05) is 32.1 Å². The highest BCUT2D eigenvalue weighted by Crippen LogP contribution is 2.45. The van der Waals surface area contributed by atoms with Crippen LogP contribution >= 0.6 is 0 Å². The smallest absolute Gasteiger partial charge is 0.316 e. The van der Waals surface area contributed by atoms with Crippen molar-refractivity contribution in [2.24, 2.45) is 29.6 Å². The summed E-state index contributed by atoms with van der Waals surface area (Å²) in [5, 5.41) is 9.89. The third-order valence-electron chi connectivity index (χ3n) is 6.88. The van der Waals surface area contributed by atoms with Gasteiger partial charge in [0.1, 0.15) is 23.9 Å². The molecule has 0 unspecified atom stereocenters. The second-order valence-electron chi connectivity index (χ2n) is 9.38. The van der Waals surface area contributed by atoms with Crippen molar-refractivity contribution < 1.29 is 29.0 Å². The van der Waals surface area contributed by atoms with E-state index >= 15 is 0 Å². The molecule has 1 N–H and O–H groups in total. The van der Waals surface area contributed by atoms with Crippen molar-refractivity contribution in [3.63, 3.8) is 0 Å². The minimum atomic E-state index is -0.757. The monoisotopic (exact) mass is 418 g/mol. The van der Waals surface area contributed by atoms with Crippen LogP contribution in [0.5, 0.6) is 0 Å². The lowest BCUT2D eigenvalue weighted by molar-refractivity contribution is -0.163. The maximum atomic E-state index is 12.5. The number of Topliss-reactive ketones (excluding diaryl/α,β-unsaturated/α-hetero) is 1. The number of ether oxygens (including phenoxy) is 2. The fourth-order valence-electron chi connectivity index (χ4n) is 5.06. The van der Waals surface area contributed by atoms with Crippen molar-refractivity contribution in [2.45, 2.75) is 78.1 Å². The Morgan fingerprint density at radius 3 is 2.67 bits per heavy atom. The summed E-state index contributed by atoms with van der Waals surface area (Å²) in [4.78, 5) is 35.8. The molecule has 8 atom stereocenters. The van der Waals surface area contributed by atoms with Crippen LogP contribution in [0.1, 0.15) is 59.8 Å². The van der Waals surface area contributed by atoms with Gasteiger partial charge in [0.05, 0.1) is 12.5 Å². The summed E-state index contributed by atoms with van der Waals surface area (Å²) in [6, 6.07) is 0. The van der Waals surface area contributed by atoms with Crippen LogP contribution in [0, 0.1) is 29.6 Å². The number of hydrogen-bond donors (Lipinski definition) is 1. The van der Waals surface area contributed by atoms with Crippen LogP contribution in [-0.2, 0) is 23.9 Å². The SMILES string of the molecule is CC(=O)[C@@H](C)C(=O)O[C@H]1C[C@@H](C)C=C2C=C[C@H](C)[C@H](CC[C@@H]3C[C@@H](O)CC(=O)O3)[C@H]21. The van der Waals surface area contributed by atoms with E-state index in [9.17, 15) is 19.5 Å². The Labute approximate surface area is 178 Å². The second kappa shape index (κ2) is 9.46. The molecule has 0 aromatic heterocycles. The summed E-state index contributed by atoms with van der Waals surface area (Å²) in [7, 11) is 0. The third kappa shape index (κ3) is 5.20. The molecule has 1 fully saturated rings. The molecule has 0 bridgehead atoms. The Bertz CT molecular complexity index is 738. The van der Waals surface area contributed by atoms with Crippen LogP contribution in [0.15, 0.2) is 23.8 Å². The zero-order valence-electron chi connectivity index (χ0n) is 18.4. The Morgan fingerprint density at radius 2 is 2.00 bits per heavy atom. The van der Waals surface area contributed by atoms with E-state index in [1.165, 1.54) is 12.5 Å². The van der Waals surface area contributed by atoms with Crippen LogP contribution in [0.25, 0.3) is 0 Å².